The number of benzene rings is 3. The van der Waals surface area contributed by atoms with Crippen molar-refractivity contribution in [1.29, 1.82) is 5.26 Å². The van der Waals surface area contributed by atoms with Crippen LogP contribution in [0.3, 0.4) is 0 Å². The van der Waals surface area contributed by atoms with Gasteiger partial charge in [0.25, 0.3) is 5.91 Å². The zero-order valence-electron chi connectivity index (χ0n) is 17.8. The molecule has 0 bridgehead atoms. The summed E-state index contributed by atoms with van der Waals surface area (Å²) in [4.78, 5) is 12.5. The minimum atomic E-state index is -4.12. The van der Waals surface area contributed by atoms with E-state index in [-0.39, 0.29) is 33.0 Å². The van der Waals surface area contributed by atoms with Gasteiger partial charge in [0.05, 0.1) is 11.1 Å². The van der Waals surface area contributed by atoms with E-state index in [2.05, 4.69) is 21.2 Å². The van der Waals surface area contributed by atoms with Crippen LogP contribution in [0.25, 0.3) is 6.08 Å². The van der Waals surface area contributed by atoms with Crippen LogP contribution >= 0.6 is 27.5 Å². The normalized spacial score (nSPS) is 11.4. The molecule has 1 N–H and O–H groups in total. The first-order valence-corrected chi connectivity index (χ1v) is 12.5. The van der Waals surface area contributed by atoms with Gasteiger partial charge < -0.3 is 14.2 Å². The number of carbonyl (C=O) groups excluding carboxylic acids is 1. The van der Waals surface area contributed by atoms with Crippen LogP contribution in [0.2, 0.25) is 5.02 Å². The van der Waals surface area contributed by atoms with Crippen molar-refractivity contribution in [2.75, 3.05) is 11.9 Å². The third-order valence-corrected chi connectivity index (χ3v) is 6.41. The molecule has 0 aliphatic carbocycles. The number of halogens is 2. The maximum atomic E-state index is 12.7. The predicted molar refractivity (Wildman–Crippen MR) is 133 cm³/mol. The van der Waals surface area contributed by atoms with Crippen molar-refractivity contribution in [3.8, 4) is 17.6 Å². The molecule has 0 radical (unpaired) electrons. The molecule has 0 aliphatic heterocycles. The van der Waals surface area contributed by atoms with Gasteiger partial charge in [0, 0.05) is 10.7 Å². The monoisotopic (exact) mass is 560 g/mol. The van der Waals surface area contributed by atoms with Gasteiger partial charge in [0.15, 0.2) is 11.5 Å². The predicted octanol–water partition coefficient (Wildman–Crippen LogP) is 5.81. The molecule has 0 saturated carbocycles. The van der Waals surface area contributed by atoms with E-state index in [0.29, 0.717) is 16.3 Å². The molecule has 0 unspecified atom stereocenters. The first-order valence-electron chi connectivity index (χ1n) is 9.88. The highest BCUT2D eigenvalue weighted by atomic mass is 79.9. The number of hydrogen-bond acceptors (Lipinski definition) is 6. The van der Waals surface area contributed by atoms with E-state index < -0.39 is 16.0 Å². The zero-order chi connectivity index (χ0) is 24.7. The van der Waals surface area contributed by atoms with E-state index in [0.717, 1.165) is 0 Å². The average molecular weight is 562 g/mol. The number of hydrogen-bond donors (Lipinski definition) is 1. The fourth-order valence-corrected chi connectivity index (χ4v) is 4.56. The molecule has 0 fully saturated rings. The van der Waals surface area contributed by atoms with Crippen molar-refractivity contribution in [2.45, 2.75) is 11.8 Å². The Morgan fingerprint density at radius 1 is 1.15 bits per heavy atom. The molecule has 0 spiro atoms. The number of carbonyl (C=O) groups is 1. The van der Waals surface area contributed by atoms with Gasteiger partial charge in [-0.3, -0.25) is 4.79 Å². The fourth-order valence-electron chi connectivity index (χ4n) is 2.81. The highest BCUT2D eigenvalue weighted by Gasteiger charge is 2.22. The van der Waals surface area contributed by atoms with Gasteiger partial charge in [-0.2, -0.15) is 13.7 Å². The van der Waals surface area contributed by atoms with Crippen LogP contribution in [0.5, 0.6) is 11.5 Å². The Kier molecular flexibility index (Phi) is 8.34. The summed E-state index contributed by atoms with van der Waals surface area (Å²) in [6.45, 7) is 1.95. The molecule has 3 aromatic rings. The molecule has 0 heterocycles. The van der Waals surface area contributed by atoms with Crippen LogP contribution in [0.15, 0.2) is 81.7 Å². The van der Waals surface area contributed by atoms with Crippen LogP contribution in [0.4, 0.5) is 5.69 Å². The smallest absolute Gasteiger partial charge is 0.339 e. The second-order valence-electron chi connectivity index (χ2n) is 6.74. The molecule has 0 aromatic heterocycles. The number of rotatable bonds is 8. The lowest BCUT2D eigenvalue weighted by atomic mass is 10.1. The molecule has 0 atom stereocenters. The summed E-state index contributed by atoms with van der Waals surface area (Å²) in [5, 5.41) is 12.6. The van der Waals surface area contributed by atoms with Crippen molar-refractivity contribution in [3.05, 3.63) is 87.4 Å². The van der Waals surface area contributed by atoms with Crippen LogP contribution in [-0.2, 0) is 14.9 Å². The lowest BCUT2D eigenvalue weighted by molar-refractivity contribution is -0.112. The first kappa shape index (κ1) is 25.3. The van der Waals surface area contributed by atoms with Crippen molar-refractivity contribution < 1.29 is 22.1 Å². The second kappa shape index (κ2) is 11.2. The third kappa shape index (κ3) is 6.38. The topological polar surface area (TPSA) is 105 Å². The van der Waals surface area contributed by atoms with Crippen molar-refractivity contribution in [3.63, 3.8) is 0 Å². The number of ether oxygens (including phenoxy) is 1. The van der Waals surface area contributed by atoms with E-state index in [9.17, 15) is 18.5 Å². The van der Waals surface area contributed by atoms with Crippen molar-refractivity contribution >= 4 is 55.3 Å². The summed E-state index contributed by atoms with van der Waals surface area (Å²) in [6, 6.07) is 19.0. The fraction of sp³-hybridized carbons (Fsp3) is 0.0833. The summed E-state index contributed by atoms with van der Waals surface area (Å²) in [7, 11) is -4.12. The largest absolute Gasteiger partial charge is 0.490 e. The quantitative estimate of drug-likeness (QED) is 0.211. The summed E-state index contributed by atoms with van der Waals surface area (Å²) < 4.78 is 36.6. The Bertz CT molecular complexity index is 1370. The van der Waals surface area contributed by atoms with Crippen LogP contribution in [-0.4, -0.2) is 20.9 Å². The SMILES string of the molecule is CCOc1cc(/C=C(\C#N)C(=O)Nc2ccc(Cl)cc2)cc(Br)c1OS(=O)(=O)c1ccccc1. The van der Waals surface area contributed by atoms with Gasteiger partial charge in [0.2, 0.25) is 0 Å². The highest BCUT2D eigenvalue weighted by molar-refractivity contribution is 9.10. The van der Waals surface area contributed by atoms with Gasteiger partial charge in [-0.05, 0) is 83.0 Å². The van der Waals surface area contributed by atoms with E-state index in [1.165, 1.54) is 30.3 Å². The minimum absolute atomic E-state index is 0.0149. The third-order valence-electron chi connectivity index (χ3n) is 4.33. The zero-order valence-corrected chi connectivity index (χ0v) is 20.9. The average Bonchev–Trinajstić information content (AvgIpc) is 2.82. The molecule has 0 aliphatic rings. The Balaban J connectivity index is 1.93. The molecule has 34 heavy (non-hydrogen) atoms. The second-order valence-corrected chi connectivity index (χ2v) is 9.58. The van der Waals surface area contributed by atoms with Gasteiger partial charge >= 0.3 is 10.1 Å². The first-order chi connectivity index (χ1) is 16.2. The van der Waals surface area contributed by atoms with Gasteiger partial charge in [-0.15, -0.1) is 0 Å². The Morgan fingerprint density at radius 3 is 2.44 bits per heavy atom. The van der Waals surface area contributed by atoms with Crippen molar-refractivity contribution in [1.82, 2.24) is 0 Å². The molecular weight excluding hydrogens is 544 g/mol. The molecule has 1 amide bonds. The molecule has 3 aromatic carbocycles. The maximum Gasteiger partial charge on any atom is 0.339 e. The van der Waals surface area contributed by atoms with Crippen molar-refractivity contribution in [2.24, 2.45) is 0 Å². The van der Waals surface area contributed by atoms with Crippen LogP contribution in [0, 0.1) is 11.3 Å². The number of nitrogens with zero attached hydrogens (tertiary/aromatic N) is 1. The molecule has 3 rings (SSSR count). The van der Waals surface area contributed by atoms with E-state index in [4.69, 9.17) is 20.5 Å². The lowest BCUT2D eigenvalue weighted by Gasteiger charge is -2.14. The van der Waals surface area contributed by atoms with E-state index in [1.54, 1.807) is 49.4 Å². The van der Waals surface area contributed by atoms with E-state index in [1.807, 2.05) is 6.07 Å². The Hall–Kier alpha value is -3.32. The van der Waals surface area contributed by atoms with Gasteiger partial charge in [-0.1, -0.05) is 29.8 Å². The van der Waals surface area contributed by atoms with Crippen LogP contribution < -0.4 is 14.2 Å². The summed E-state index contributed by atoms with van der Waals surface area (Å²) in [5.74, 6) is -0.545. The molecule has 0 saturated heterocycles. The molecular formula is C24H18BrClN2O5S. The number of anilines is 1. The molecule has 174 valence electrons. The summed E-state index contributed by atoms with van der Waals surface area (Å²) in [6.07, 6.45) is 1.36. The standard InChI is InChI=1S/C24H18BrClN2O5S/c1-2-32-22-14-16(12-17(15-27)24(29)28-19-10-8-18(26)9-11-19)13-21(25)23(22)33-34(30,31)20-6-4-3-5-7-20/h3-14H,2H2,1H3,(H,28,29)/b17-12+. The van der Waals surface area contributed by atoms with Gasteiger partial charge in [-0.25, -0.2) is 0 Å². The van der Waals surface area contributed by atoms with E-state index >= 15 is 0 Å². The molecule has 10 heteroatoms. The minimum Gasteiger partial charge on any atom is -0.490 e. The lowest BCUT2D eigenvalue weighted by Crippen LogP contribution is -2.13. The van der Waals surface area contributed by atoms with Crippen LogP contribution in [0.1, 0.15) is 12.5 Å². The number of nitrogens with one attached hydrogen (secondary N) is 1. The highest BCUT2D eigenvalue weighted by Crippen LogP contribution is 2.39. The Labute approximate surface area is 210 Å². The maximum absolute atomic E-state index is 12.7. The van der Waals surface area contributed by atoms with Gasteiger partial charge in [0.1, 0.15) is 16.5 Å². The summed E-state index contributed by atoms with van der Waals surface area (Å²) in [5.41, 5.74) is 0.721. The Morgan fingerprint density at radius 2 is 1.82 bits per heavy atom. The number of amides is 1. The number of nitriles is 1. The molecule has 7 nitrogen and oxygen atoms in total. The summed E-state index contributed by atoms with van der Waals surface area (Å²) >= 11 is 9.16.